The Kier molecular flexibility index (Phi) is 8.00. The highest BCUT2D eigenvalue weighted by Crippen LogP contribution is 2.29. The van der Waals surface area contributed by atoms with Crippen molar-refractivity contribution >= 4 is 40.1 Å². The van der Waals surface area contributed by atoms with Gasteiger partial charge in [-0.2, -0.15) is 4.98 Å². The van der Waals surface area contributed by atoms with Gasteiger partial charge in [0.15, 0.2) is 5.13 Å². The maximum atomic E-state index is 12.4. The molecule has 0 unspecified atom stereocenters. The number of fused-ring (bicyclic) bond motifs is 1. The molecule has 0 fully saturated rings. The van der Waals surface area contributed by atoms with Crippen LogP contribution in [0.2, 0.25) is 0 Å². The molecule has 0 aliphatic heterocycles. The molecule has 2 heterocycles. The molecule has 2 aromatic heterocycles. The van der Waals surface area contributed by atoms with Gasteiger partial charge in [0, 0.05) is 29.8 Å². The summed E-state index contributed by atoms with van der Waals surface area (Å²) < 4.78 is 6.53. The molecule has 1 amide bonds. The van der Waals surface area contributed by atoms with E-state index in [4.69, 9.17) is 9.84 Å². The molecule has 0 aromatic carbocycles. The number of carbonyl (C=O) groups excluding carboxylic acids is 2. The molecule has 1 aliphatic carbocycles. The van der Waals surface area contributed by atoms with E-state index in [-0.39, 0.29) is 36.3 Å². The number of carbonyl (C=O) groups is 2. The number of thiazole rings is 1. The zero-order valence-electron chi connectivity index (χ0n) is 16.7. The van der Waals surface area contributed by atoms with Crippen LogP contribution in [0.3, 0.4) is 0 Å². The summed E-state index contributed by atoms with van der Waals surface area (Å²) in [6.45, 7) is 2.53. The van der Waals surface area contributed by atoms with Crippen LogP contribution in [0.5, 0.6) is 0 Å². The number of ether oxygens (including phenoxy) is 1. The van der Waals surface area contributed by atoms with Crippen molar-refractivity contribution in [2.45, 2.75) is 50.6 Å². The number of aliphatic hydroxyl groups is 1. The van der Waals surface area contributed by atoms with Crippen LogP contribution in [0, 0.1) is 0 Å². The van der Waals surface area contributed by atoms with E-state index >= 15 is 0 Å². The molecule has 0 bridgehead atoms. The molecule has 2 N–H and O–H groups in total. The molecule has 0 atom stereocenters. The molecule has 30 heavy (non-hydrogen) atoms. The van der Waals surface area contributed by atoms with E-state index < -0.39 is 0 Å². The Labute approximate surface area is 181 Å². The number of aliphatic hydroxyl groups excluding tert-OH is 1. The lowest BCUT2D eigenvalue weighted by Gasteiger charge is -2.13. The maximum Gasteiger partial charge on any atom is 0.348 e. The molecule has 0 spiro atoms. The molecule has 11 heteroatoms. The second kappa shape index (κ2) is 10.7. The molecule has 0 saturated heterocycles. The van der Waals surface area contributed by atoms with Gasteiger partial charge in [0.05, 0.1) is 24.5 Å². The number of nitrogens with zero attached hydrogens (tertiary/aromatic N) is 3. The minimum atomic E-state index is -0.357. The number of anilines is 1. The van der Waals surface area contributed by atoms with Crippen molar-refractivity contribution in [2.24, 2.45) is 0 Å². The van der Waals surface area contributed by atoms with Crippen molar-refractivity contribution in [3.8, 4) is 0 Å². The van der Waals surface area contributed by atoms with Crippen LogP contribution >= 0.6 is 23.1 Å². The molecule has 9 nitrogen and oxygen atoms in total. The lowest BCUT2D eigenvalue weighted by atomic mass is 10.2. The summed E-state index contributed by atoms with van der Waals surface area (Å²) in [5, 5.41) is 14.5. The van der Waals surface area contributed by atoms with Crippen LogP contribution in [0.25, 0.3) is 0 Å². The van der Waals surface area contributed by atoms with E-state index in [1.54, 1.807) is 16.9 Å². The predicted molar refractivity (Wildman–Crippen MR) is 114 cm³/mol. The first kappa shape index (κ1) is 22.4. The van der Waals surface area contributed by atoms with Gasteiger partial charge in [-0.05, 0) is 32.6 Å². The van der Waals surface area contributed by atoms with Crippen molar-refractivity contribution in [3.63, 3.8) is 0 Å². The van der Waals surface area contributed by atoms with Gasteiger partial charge < -0.3 is 15.2 Å². The molecular formula is C19H24N4O5S2. The molecule has 0 radical (unpaired) electrons. The first-order chi connectivity index (χ1) is 14.5. The van der Waals surface area contributed by atoms with Gasteiger partial charge in [0.25, 0.3) is 0 Å². The lowest BCUT2D eigenvalue weighted by molar-refractivity contribution is -0.142. The highest BCUT2D eigenvalue weighted by atomic mass is 32.2. The van der Waals surface area contributed by atoms with Crippen LogP contribution < -0.4 is 11.0 Å². The van der Waals surface area contributed by atoms with E-state index in [0.717, 1.165) is 30.5 Å². The number of amides is 1. The molecule has 162 valence electrons. The fourth-order valence-electron chi connectivity index (χ4n) is 3.26. The van der Waals surface area contributed by atoms with Gasteiger partial charge in [-0.1, -0.05) is 11.8 Å². The minimum absolute atomic E-state index is 0.0240. The summed E-state index contributed by atoms with van der Waals surface area (Å²) in [7, 11) is 0. The van der Waals surface area contributed by atoms with Crippen LogP contribution in [0.4, 0.5) is 5.13 Å². The predicted octanol–water partition coefficient (Wildman–Crippen LogP) is 1.41. The van der Waals surface area contributed by atoms with Gasteiger partial charge in [0.1, 0.15) is 5.03 Å². The van der Waals surface area contributed by atoms with Crippen molar-refractivity contribution in [2.75, 3.05) is 24.3 Å². The van der Waals surface area contributed by atoms with E-state index in [1.165, 1.54) is 23.1 Å². The highest BCUT2D eigenvalue weighted by molar-refractivity contribution is 8.00. The Balaban J connectivity index is 1.60. The summed E-state index contributed by atoms with van der Waals surface area (Å²) in [6.07, 6.45) is 3.16. The zero-order chi connectivity index (χ0) is 21.5. The first-order valence-corrected chi connectivity index (χ1v) is 11.6. The van der Waals surface area contributed by atoms with Crippen LogP contribution in [-0.2, 0) is 40.1 Å². The SMILES string of the molecule is CCOC(=O)Cc1csc(NC(=O)CSc2nc(=O)n(CCCO)c3c2CCC3)n1. The van der Waals surface area contributed by atoms with Gasteiger partial charge in [0.2, 0.25) is 5.91 Å². The zero-order valence-corrected chi connectivity index (χ0v) is 18.3. The number of nitrogens with one attached hydrogen (secondary N) is 1. The molecule has 2 aromatic rings. The van der Waals surface area contributed by atoms with E-state index in [9.17, 15) is 14.4 Å². The average molecular weight is 453 g/mol. The Bertz CT molecular complexity index is 972. The fourth-order valence-corrected chi connectivity index (χ4v) is 4.86. The largest absolute Gasteiger partial charge is 0.466 e. The number of hydrogen-bond acceptors (Lipinski definition) is 9. The smallest absolute Gasteiger partial charge is 0.348 e. The van der Waals surface area contributed by atoms with E-state index in [2.05, 4.69) is 15.3 Å². The number of rotatable bonds is 10. The number of hydrogen-bond donors (Lipinski definition) is 2. The third-order valence-electron chi connectivity index (χ3n) is 4.51. The second-order valence-electron chi connectivity index (χ2n) is 6.67. The van der Waals surface area contributed by atoms with Crippen molar-refractivity contribution in [3.05, 3.63) is 32.8 Å². The monoisotopic (exact) mass is 452 g/mol. The molecule has 1 aliphatic rings. The fraction of sp³-hybridized carbons (Fsp3) is 0.526. The number of esters is 1. The van der Waals surface area contributed by atoms with Crippen LogP contribution in [0.1, 0.15) is 36.7 Å². The number of aromatic nitrogens is 3. The highest BCUT2D eigenvalue weighted by Gasteiger charge is 2.22. The van der Waals surface area contributed by atoms with Crippen LogP contribution in [-0.4, -0.2) is 50.5 Å². The van der Waals surface area contributed by atoms with Gasteiger partial charge >= 0.3 is 11.7 Å². The lowest BCUT2D eigenvalue weighted by Crippen LogP contribution is -2.28. The van der Waals surface area contributed by atoms with E-state index in [0.29, 0.717) is 35.4 Å². The maximum absolute atomic E-state index is 12.4. The summed E-state index contributed by atoms with van der Waals surface area (Å²) in [5.41, 5.74) is 2.20. The normalized spacial score (nSPS) is 12.6. The third kappa shape index (κ3) is 5.67. The standard InChI is InChI=1S/C19H24N4O5S2/c1-2-28-16(26)9-12-10-30-18(20-12)21-15(25)11-29-17-13-5-3-6-14(13)23(7-4-8-24)19(27)22-17/h10,24H,2-9,11H2,1H3,(H,20,21,25). The van der Waals surface area contributed by atoms with Crippen molar-refractivity contribution in [1.82, 2.24) is 14.5 Å². The summed E-state index contributed by atoms with van der Waals surface area (Å²) in [5.74, 6) is -0.508. The van der Waals surface area contributed by atoms with Crippen molar-refractivity contribution < 1.29 is 19.4 Å². The Hall–Kier alpha value is -2.24. The molecule has 0 saturated carbocycles. The topological polar surface area (TPSA) is 123 Å². The minimum Gasteiger partial charge on any atom is -0.466 e. The van der Waals surface area contributed by atoms with Gasteiger partial charge in [-0.3, -0.25) is 14.2 Å². The Morgan fingerprint density at radius 3 is 2.97 bits per heavy atom. The van der Waals surface area contributed by atoms with Gasteiger partial charge in [-0.25, -0.2) is 9.78 Å². The summed E-state index contributed by atoms with van der Waals surface area (Å²) >= 11 is 2.48. The Morgan fingerprint density at radius 1 is 1.37 bits per heavy atom. The third-order valence-corrected chi connectivity index (χ3v) is 6.33. The Morgan fingerprint density at radius 2 is 2.20 bits per heavy atom. The molecule has 3 rings (SSSR count). The number of thioether (sulfide) groups is 1. The summed E-state index contributed by atoms with van der Waals surface area (Å²) in [4.78, 5) is 44.6. The van der Waals surface area contributed by atoms with Crippen molar-refractivity contribution in [1.29, 1.82) is 0 Å². The van der Waals surface area contributed by atoms with Crippen LogP contribution in [0.15, 0.2) is 15.2 Å². The molecular weight excluding hydrogens is 428 g/mol. The first-order valence-electron chi connectivity index (χ1n) is 9.78. The average Bonchev–Trinajstić information content (AvgIpc) is 3.35. The van der Waals surface area contributed by atoms with E-state index in [1.807, 2.05) is 0 Å². The quantitative estimate of drug-likeness (QED) is 0.315. The summed E-state index contributed by atoms with van der Waals surface area (Å²) in [6, 6.07) is 0. The second-order valence-corrected chi connectivity index (χ2v) is 8.49. The van der Waals surface area contributed by atoms with Gasteiger partial charge in [-0.15, -0.1) is 11.3 Å².